The van der Waals surface area contributed by atoms with Gasteiger partial charge in [0.25, 0.3) is 0 Å². The molecule has 0 aliphatic heterocycles. The van der Waals surface area contributed by atoms with E-state index in [0.717, 1.165) is 13.0 Å². The largest absolute Gasteiger partial charge is 0.475 e. The number of carboxylic acid groups (broad SMARTS) is 1. The molecule has 98 valence electrons. The monoisotopic (exact) mass is 249 g/mol. The fourth-order valence-corrected chi connectivity index (χ4v) is 2.27. The van der Waals surface area contributed by atoms with Gasteiger partial charge in [0.2, 0.25) is 5.76 Å². The zero-order valence-corrected chi connectivity index (χ0v) is 10.4. The van der Waals surface area contributed by atoms with Crippen molar-refractivity contribution in [2.75, 3.05) is 6.54 Å². The van der Waals surface area contributed by atoms with Crippen molar-refractivity contribution in [3.8, 4) is 0 Å². The molecule has 0 saturated carbocycles. The molecule has 0 atom stereocenters. The Kier molecular flexibility index (Phi) is 4.59. The fraction of sp³-hybridized carbons (Fsp3) is 0.500. The van der Waals surface area contributed by atoms with E-state index in [1.54, 1.807) is 6.07 Å². The smallest absolute Gasteiger partial charge is 0.372 e. The highest BCUT2D eigenvalue weighted by atomic mass is 16.4. The molecule has 0 fully saturated rings. The van der Waals surface area contributed by atoms with Crippen molar-refractivity contribution < 1.29 is 14.3 Å². The first kappa shape index (κ1) is 12.9. The van der Waals surface area contributed by atoms with Gasteiger partial charge in [-0.2, -0.15) is 0 Å². The first-order valence-electron chi connectivity index (χ1n) is 6.45. The topological polar surface area (TPSA) is 62.5 Å². The summed E-state index contributed by atoms with van der Waals surface area (Å²) in [4.78, 5) is 10.8. The number of rotatable bonds is 6. The summed E-state index contributed by atoms with van der Waals surface area (Å²) in [5.41, 5.74) is 2.24. The lowest BCUT2D eigenvalue weighted by atomic mass is 9.97. The molecule has 1 aliphatic rings. The van der Waals surface area contributed by atoms with Crippen molar-refractivity contribution in [1.29, 1.82) is 0 Å². The van der Waals surface area contributed by atoms with Crippen molar-refractivity contribution in [3.63, 3.8) is 0 Å². The maximum atomic E-state index is 10.8. The van der Waals surface area contributed by atoms with Gasteiger partial charge < -0.3 is 14.8 Å². The highest BCUT2D eigenvalue weighted by Crippen LogP contribution is 2.19. The highest BCUT2D eigenvalue weighted by Gasteiger charge is 2.13. The van der Waals surface area contributed by atoms with Crippen LogP contribution in [0.4, 0.5) is 0 Å². The molecule has 4 heteroatoms. The van der Waals surface area contributed by atoms with Gasteiger partial charge in [0.05, 0.1) is 6.26 Å². The molecular formula is C14H19NO3. The van der Waals surface area contributed by atoms with E-state index in [4.69, 9.17) is 9.52 Å². The third-order valence-corrected chi connectivity index (χ3v) is 3.26. The molecule has 4 nitrogen and oxygen atoms in total. The molecular weight excluding hydrogens is 230 g/mol. The summed E-state index contributed by atoms with van der Waals surface area (Å²) in [6.45, 7) is 1.43. The average Bonchev–Trinajstić information content (AvgIpc) is 2.84. The van der Waals surface area contributed by atoms with E-state index >= 15 is 0 Å². The number of hydrogen-bond donors (Lipinski definition) is 2. The van der Waals surface area contributed by atoms with E-state index in [9.17, 15) is 4.79 Å². The molecule has 0 radical (unpaired) electrons. The van der Waals surface area contributed by atoms with E-state index < -0.39 is 5.97 Å². The van der Waals surface area contributed by atoms with Crippen LogP contribution in [-0.4, -0.2) is 17.6 Å². The van der Waals surface area contributed by atoms with Crippen LogP contribution in [0.15, 0.2) is 28.4 Å². The Labute approximate surface area is 107 Å². The van der Waals surface area contributed by atoms with Crippen molar-refractivity contribution in [2.24, 2.45) is 0 Å². The maximum absolute atomic E-state index is 10.8. The summed E-state index contributed by atoms with van der Waals surface area (Å²) in [5.74, 6) is -0.967. The van der Waals surface area contributed by atoms with Gasteiger partial charge in [-0.15, -0.1) is 0 Å². The Morgan fingerprint density at radius 3 is 3.06 bits per heavy atom. The zero-order chi connectivity index (χ0) is 12.8. The predicted octanol–water partition coefficient (Wildman–Crippen LogP) is 2.96. The van der Waals surface area contributed by atoms with Crippen LogP contribution in [-0.2, 0) is 6.54 Å². The molecule has 1 heterocycles. The zero-order valence-electron chi connectivity index (χ0n) is 10.4. The quantitative estimate of drug-likeness (QED) is 0.601. The van der Waals surface area contributed by atoms with Crippen LogP contribution in [0.25, 0.3) is 0 Å². The Morgan fingerprint density at radius 2 is 2.33 bits per heavy atom. The summed E-state index contributed by atoms with van der Waals surface area (Å²) < 4.78 is 4.92. The molecule has 18 heavy (non-hydrogen) atoms. The minimum absolute atomic E-state index is 0.0411. The summed E-state index contributed by atoms with van der Waals surface area (Å²) >= 11 is 0. The molecule has 0 spiro atoms. The van der Waals surface area contributed by atoms with E-state index in [0.29, 0.717) is 12.1 Å². The van der Waals surface area contributed by atoms with Crippen molar-refractivity contribution in [3.05, 3.63) is 35.3 Å². The van der Waals surface area contributed by atoms with Gasteiger partial charge in [0, 0.05) is 12.1 Å². The van der Waals surface area contributed by atoms with E-state index in [1.807, 2.05) is 0 Å². The van der Waals surface area contributed by atoms with Crippen LogP contribution in [0.5, 0.6) is 0 Å². The van der Waals surface area contributed by atoms with Gasteiger partial charge in [-0.1, -0.05) is 11.6 Å². The summed E-state index contributed by atoms with van der Waals surface area (Å²) in [6.07, 6.45) is 9.86. The summed E-state index contributed by atoms with van der Waals surface area (Å²) in [5, 5.41) is 12.2. The van der Waals surface area contributed by atoms with Crippen LogP contribution in [0.3, 0.4) is 0 Å². The first-order chi connectivity index (χ1) is 8.77. The minimum Gasteiger partial charge on any atom is -0.475 e. The van der Waals surface area contributed by atoms with Crippen LogP contribution >= 0.6 is 0 Å². The van der Waals surface area contributed by atoms with Gasteiger partial charge in [-0.3, -0.25) is 0 Å². The van der Waals surface area contributed by atoms with Crippen molar-refractivity contribution >= 4 is 5.97 Å². The minimum atomic E-state index is -1.01. The van der Waals surface area contributed by atoms with E-state index in [2.05, 4.69) is 11.4 Å². The lowest BCUT2D eigenvalue weighted by Crippen LogP contribution is -2.17. The summed E-state index contributed by atoms with van der Waals surface area (Å²) in [6, 6.07) is 1.70. The molecule has 1 aliphatic carbocycles. The Balaban J connectivity index is 1.73. The molecule has 1 aromatic heterocycles. The highest BCUT2D eigenvalue weighted by molar-refractivity contribution is 5.86. The average molecular weight is 249 g/mol. The SMILES string of the molecule is O=C(O)c1occc1CNCCC1=CCCCC1. The molecule has 2 rings (SSSR count). The Hall–Kier alpha value is -1.55. The van der Waals surface area contributed by atoms with Crippen LogP contribution in [0, 0.1) is 0 Å². The molecule has 0 amide bonds. The standard InChI is InChI=1S/C14H19NO3/c16-14(17)13-12(7-9-18-13)10-15-8-6-11-4-2-1-3-5-11/h4,7,9,15H,1-3,5-6,8,10H2,(H,16,17). The van der Waals surface area contributed by atoms with Crippen LogP contribution in [0.1, 0.15) is 48.2 Å². The van der Waals surface area contributed by atoms with Crippen molar-refractivity contribution in [2.45, 2.75) is 38.6 Å². The molecule has 1 aromatic rings. The molecule has 0 bridgehead atoms. The second-order valence-electron chi connectivity index (χ2n) is 4.62. The Morgan fingerprint density at radius 1 is 1.44 bits per heavy atom. The molecule has 2 N–H and O–H groups in total. The van der Waals surface area contributed by atoms with Crippen LogP contribution in [0.2, 0.25) is 0 Å². The van der Waals surface area contributed by atoms with Gasteiger partial charge in [-0.25, -0.2) is 4.79 Å². The molecule has 0 aromatic carbocycles. The third-order valence-electron chi connectivity index (χ3n) is 3.26. The first-order valence-corrected chi connectivity index (χ1v) is 6.45. The lowest BCUT2D eigenvalue weighted by molar-refractivity contribution is 0.0660. The number of furan rings is 1. The second-order valence-corrected chi connectivity index (χ2v) is 4.62. The number of aromatic carboxylic acids is 1. The van der Waals surface area contributed by atoms with E-state index in [1.165, 1.54) is 37.5 Å². The van der Waals surface area contributed by atoms with Crippen LogP contribution < -0.4 is 5.32 Å². The Bertz CT molecular complexity index is 434. The second kappa shape index (κ2) is 6.40. The number of carbonyl (C=O) groups is 1. The van der Waals surface area contributed by atoms with E-state index in [-0.39, 0.29) is 5.76 Å². The number of nitrogens with one attached hydrogen (secondary N) is 1. The van der Waals surface area contributed by atoms with Crippen molar-refractivity contribution in [1.82, 2.24) is 5.32 Å². The summed E-state index contributed by atoms with van der Waals surface area (Å²) in [7, 11) is 0. The molecule has 0 unspecified atom stereocenters. The third kappa shape index (κ3) is 3.47. The normalized spacial score (nSPS) is 15.4. The van der Waals surface area contributed by atoms with Gasteiger partial charge in [0.15, 0.2) is 0 Å². The number of hydrogen-bond acceptors (Lipinski definition) is 3. The maximum Gasteiger partial charge on any atom is 0.372 e. The van der Waals surface area contributed by atoms with Gasteiger partial charge in [0.1, 0.15) is 0 Å². The number of carboxylic acids is 1. The number of allylic oxidation sites excluding steroid dienone is 1. The fourth-order valence-electron chi connectivity index (χ4n) is 2.27. The van der Waals surface area contributed by atoms with Gasteiger partial charge >= 0.3 is 5.97 Å². The van der Waals surface area contributed by atoms with Gasteiger partial charge in [-0.05, 0) is 44.7 Å². The lowest BCUT2D eigenvalue weighted by Gasteiger charge is -2.12. The predicted molar refractivity (Wildman–Crippen MR) is 68.5 cm³/mol. The molecule has 0 saturated heterocycles.